The summed E-state index contributed by atoms with van der Waals surface area (Å²) in [6, 6.07) is -0.480. The smallest absolute Gasteiger partial charge is 0.255 e. The monoisotopic (exact) mass is 392 g/mol. The molecule has 1 N–H and O–H groups in total. The van der Waals surface area contributed by atoms with Gasteiger partial charge in [-0.1, -0.05) is 0 Å². The van der Waals surface area contributed by atoms with Gasteiger partial charge < -0.3 is 19.5 Å². The zero-order valence-electron chi connectivity index (χ0n) is 17.3. The Balaban J connectivity index is 1.99. The second-order valence-corrected chi connectivity index (χ2v) is 11.3. The molecule has 2 aliphatic carbocycles. The molecule has 1 heterocycles. The topological polar surface area (TPSA) is 38.2 Å². The van der Waals surface area contributed by atoms with Crippen LogP contribution in [-0.4, -0.2) is 38.9 Å². The van der Waals surface area contributed by atoms with Gasteiger partial charge in [-0.05, 0) is 65.7 Å². The van der Waals surface area contributed by atoms with E-state index in [-0.39, 0.29) is 29.5 Å². The van der Waals surface area contributed by atoms with Gasteiger partial charge in [-0.3, -0.25) is 0 Å². The van der Waals surface area contributed by atoms with Crippen LogP contribution >= 0.6 is 11.6 Å². The zero-order chi connectivity index (χ0) is 20.3. The Labute approximate surface area is 169 Å². The average molecular weight is 393 g/mol. The van der Waals surface area contributed by atoms with Crippen LogP contribution in [0, 0.1) is 30.9 Å². The van der Waals surface area contributed by atoms with Crippen molar-refractivity contribution in [1.29, 1.82) is 0 Å². The molecule has 0 aromatic rings. The Morgan fingerprint density at radius 3 is 2.19 bits per heavy atom. The first-order valence-electron chi connectivity index (χ1n) is 10.2. The molecule has 0 aromatic carbocycles. The van der Waals surface area contributed by atoms with E-state index in [4.69, 9.17) is 29.5 Å². The van der Waals surface area contributed by atoms with Crippen LogP contribution in [0.4, 0.5) is 0 Å². The number of alkyl halides is 1. The molecule has 8 atom stereocenters. The van der Waals surface area contributed by atoms with Crippen molar-refractivity contribution in [3.05, 3.63) is 22.8 Å². The molecule has 27 heavy (non-hydrogen) atoms. The summed E-state index contributed by atoms with van der Waals surface area (Å²) in [5.74, 6) is 0.296. The maximum atomic E-state index is 11.0. The number of halogens is 1. The van der Waals surface area contributed by atoms with E-state index < -0.39 is 22.1 Å². The van der Waals surface area contributed by atoms with Gasteiger partial charge in [-0.25, -0.2) is 13.1 Å². The Hall–Kier alpha value is -0.810. The Kier molecular flexibility index (Phi) is 5.13. The molecule has 3 fully saturated rings. The summed E-state index contributed by atoms with van der Waals surface area (Å²) in [5, 5.41) is 11.0. The summed E-state index contributed by atoms with van der Waals surface area (Å²) in [6.07, 6.45) is 4.93. The molecule has 150 valence electrons. The van der Waals surface area contributed by atoms with Crippen molar-refractivity contribution in [2.75, 3.05) is 0 Å². The maximum absolute atomic E-state index is 11.0. The summed E-state index contributed by atoms with van der Waals surface area (Å²) in [7, 11) is 0. The predicted molar refractivity (Wildman–Crippen MR) is 107 cm³/mol. The van der Waals surface area contributed by atoms with Crippen LogP contribution in [0.2, 0.25) is 0 Å². The van der Waals surface area contributed by atoms with Crippen molar-refractivity contribution in [1.82, 2.24) is 0 Å². The quantitative estimate of drug-likeness (QED) is 0.524. The van der Waals surface area contributed by atoms with Crippen molar-refractivity contribution in [2.45, 2.75) is 107 Å². The Bertz CT molecular complexity index is 673. The largest absolute Gasteiger partial charge is 0.382 e. The van der Waals surface area contributed by atoms with E-state index in [2.05, 4.69) is 23.5 Å². The number of nitrogens with zero attached hydrogens (tertiary/aromatic N) is 2. The number of ether oxygens (including phenoxy) is 1. The number of hydrogen-bond acceptors (Lipinski definition) is 2. The van der Waals surface area contributed by atoms with Crippen molar-refractivity contribution in [3.63, 3.8) is 0 Å². The fourth-order valence-electron chi connectivity index (χ4n) is 6.17. The molecule has 2 saturated carbocycles. The summed E-state index contributed by atoms with van der Waals surface area (Å²) in [4.78, 5) is 7.52. The molecule has 0 bridgehead atoms. The van der Waals surface area contributed by atoms with Gasteiger partial charge in [0.15, 0.2) is 0 Å². The van der Waals surface area contributed by atoms with Crippen LogP contribution in [0.25, 0.3) is 9.69 Å². The van der Waals surface area contributed by atoms with Crippen LogP contribution in [0.3, 0.4) is 0 Å². The van der Waals surface area contributed by atoms with Gasteiger partial charge in [-0.15, -0.1) is 11.6 Å². The van der Waals surface area contributed by atoms with Crippen LogP contribution in [-0.2, 0) is 4.74 Å². The van der Waals surface area contributed by atoms with E-state index in [1.54, 1.807) is 6.92 Å². The van der Waals surface area contributed by atoms with Crippen molar-refractivity contribution >= 4 is 11.6 Å². The zero-order valence-corrected chi connectivity index (χ0v) is 18.0. The summed E-state index contributed by atoms with van der Waals surface area (Å²) >= 11 is 6.56. The lowest BCUT2D eigenvalue weighted by Gasteiger charge is -2.53. The molecule has 5 heteroatoms. The third-order valence-electron chi connectivity index (χ3n) is 7.91. The second-order valence-electron chi connectivity index (χ2n) is 10.3. The van der Waals surface area contributed by atoms with Crippen molar-refractivity contribution < 1.29 is 9.84 Å². The highest BCUT2D eigenvalue weighted by Gasteiger charge is 2.66. The molecule has 3 aliphatic rings. The van der Waals surface area contributed by atoms with Crippen molar-refractivity contribution in [2.24, 2.45) is 17.8 Å². The highest BCUT2D eigenvalue weighted by molar-refractivity contribution is 6.23. The van der Waals surface area contributed by atoms with Gasteiger partial charge in [0.2, 0.25) is 5.54 Å². The molecular formula is C22H33ClN2O2. The molecular weight excluding hydrogens is 360 g/mol. The average Bonchev–Trinajstić information content (AvgIpc) is 2.98. The fourth-order valence-corrected chi connectivity index (χ4v) is 6.32. The minimum atomic E-state index is -0.998. The van der Waals surface area contributed by atoms with Crippen LogP contribution in [0.15, 0.2) is 0 Å². The molecule has 0 radical (unpaired) electrons. The normalized spacial score (nSPS) is 50.5. The second kappa shape index (κ2) is 6.62. The van der Waals surface area contributed by atoms with Gasteiger partial charge in [0.1, 0.15) is 5.60 Å². The van der Waals surface area contributed by atoms with Gasteiger partial charge >= 0.3 is 0 Å². The standard InChI is InChI=1S/C22H33ClN2O2/c1-19(2,23)16-10-13-22(5,27-16)15-8-11-20(3,25-7)14-9-12-21(4,26)18(24-6)17(14)15/h14-18,26H,8-13H2,1-5H3/t14-,15-,16-,17-,18+,20-,21+,22+/m1/s1. The van der Waals surface area contributed by atoms with Gasteiger partial charge in [-0.2, -0.15) is 0 Å². The molecule has 4 nitrogen and oxygen atoms in total. The lowest BCUT2D eigenvalue weighted by atomic mass is 9.51. The lowest BCUT2D eigenvalue weighted by molar-refractivity contribution is -0.145. The van der Waals surface area contributed by atoms with Crippen LogP contribution < -0.4 is 0 Å². The molecule has 3 rings (SSSR count). The van der Waals surface area contributed by atoms with E-state index in [0.717, 1.165) is 32.1 Å². The minimum Gasteiger partial charge on any atom is -0.382 e. The Morgan fingerprint density at radius 2 is 1.67 bits per heavy atom. The SMILES string of the molecule is [C-]#[N+][C@H]1[C@@H]2[C@@H](CC[C@]1(C)O)[C@](C)([N+]#[C-])CC[C@H]2[C@]1(C)CC[C@H](C(C)(C)Cl)O1. The van der Waals surface area contributed by atoms with Gasteiger partial charge in [0.25, 0.3) is 6.04 Å². The first kappa shape index (κ1) is 20.9. The highest BCUT2D eigenvalue weighted by Crippen LogP contribution is 2.58. The first-order valence-corrected chi connectivity index (χ1v) is 10.6. The van der Waals surface area contributed by atoms with E-state index >= 15 is 0 Å². The molecule has 0 amide bonds. The van der Waals surface area contributed by atoms with Gasteiger partial charge in [0.05, 0.1) is 22.5 Å². The van der Waals surface area contributed by atoms with Crippen LogP contribution in [0.1, 0.15) is 73.1 Å². The molecule has 1 saturated heterocycles. The number of aliphatic hydroxyl groups is 1. The molecule has 0 aromatic heterocycles. The number of rotatable bonds is 2. The highest BCUT2D eigenvalue weighted by atomic mass is 35.5. The third-order valence-corrected chi connectivity index (χ3v) is 8.16. The minimum absolute atomic E-state index is 0.00715. The lowest BCUT2D eigenvalue weighted by Crippen LogP contribution is -2.61. The predicted octanol–water partition coefficient (Wildman–Crippen LogP) is 5.09. The summed E-state index contributed by atoms with van der Waals surface area (Å²) in [5.41, 5.74) is -1.79. The van der Waals surface area contributed by atoms with E-state index in [1.807, 2.05) is 13.8 Å². The van der Waals surface area contributed by atoms with E-state index in [9.17, 15) is 5.11 Å². The number of fused-ring (bicyclic) bond motifs is 1. The number of hydrogen-bond donors (Lipinski definition) is 1. The van der Waals surface area contributed by atoms with Crippen molar-refractivity contribution in [3.8, 4) is 0 Å². The third kappa shape index (κ3) is 3.39. The molecule has 0 spiro atoms. The summed E-state index contributed by atoms with van der Waals surface area (Å²) < 4.78 is 6.57. The maximum Gasteiger partial charge on any atom is 0.255 e. The molecule has 0 unspecified atom stereocenters. The van der Waals surface area contributed by atoms with E-state index in [0.29, 0.717) is 6.42 Å². The van der Waals surface area contributed by atoms with Gasteiger partial charge in [0, 0.05) is 19.3 Å². The molecule has 1 aliphatic heterocycles. The fraction of sp³-hybridized carbons (Fsp3) is 0.909. The van der Waals surface area contributed by atoms with E-state index in [1.165, 1.54) is 0 Å². The first-order chi connectivity index (χ1) is 12.4. The Morgan fingerprint density at radius 1 is 1.04 bits per heavy atom. The van der Waals surface area contributed by atoms with Crippen LogP contribution in [0.5, 0.6) is 0 Å². The summed E-state index contributed by atoms with van der Waals surface area (Å²) in [6.45, 7) is 25.7.